The highest BCUT2D eigenvalue weighted by atomic mass is 17.0. The lowest BCUT2D eigenvalue weighted by Gasteiger charge is -2.54. The Morgan fingerprint density at radius 1 is 1.23 bits per heavy atom. The van der Waals surface area contributed by atoms with Crippen molar-refractivity contribution in [2.24, 2.45) is 17.6 Å². The van der Waals surface area contributed by atoms with E-state index in [0.717, 1.165) is 0 Å². The van der Waals surface area contributed by atoms with Crippen LogP contribution in [0.25, 0.3) is 5.76 Å². The van der Waals surface area contributed by atoms with Gasteiger partial charge >= 0.3 is 0 Å². The lowest BCUT2D eigenvalue weighted by atomic mass is 9.54. The summed E-state index contributed by atoms with van der Waals surface area (Å²) in [7, 11) is 2.75. The van der Waals surface area contributed by atoms with Gasteiger partial charge < -0.3 is 31.0 Å². The fourth-order valence-corrected chi connectivity index (χ4v) is 5.77. The molecule has 0 aromatic heterocycles. The van der Waals surface area contributed by atoms with Gasteiger partial charge in [0, 0.05) is 11.5 Å². The quantitative estimate of drug-likeness (QED) is 0.210. The van der Waals surface area contributed by atoms with E-state index in [1.807, 2.05) is 0 Å². The van der Waals surface area contributed by atoms with Crippen LogP contribution < -0.4 is 5.73 Å². The summed E-state index contributed by atoms with van der Waals surface area (Å²) in [6, 6.07) is 2.73. The third-order valence-electron chi connectivity index (χ3n) is 7.17. The average molecular weight is 489 g/mol. The number of Topliss-reactive ketones (excluding diaryl/α,β-unsaturated/α-hetero) is 2. The van der Waals surface area contributed by atoms with Crippen molar-refractivity contribution in [3.05, 3.63) is 56.3 Å². The van der Waals surface area contributed by atoms with Gasteiger partial charge in [-0.2, -0.15) is 0 Å². The average Bonchev–Trinajstić information content (AvgIpc) is 2.75. The first kappa shape index (κ1) is 24.2. The molecule has 1 saturated carbocycles. The van der Waals surface area contributed by atoms with Gasteiger partial charge in [-0.25, -0.2) is 0 Å². The smallest absolute Gasteiger partial charge is 0.294 e. The summed E-state index contributed by atoms with van der Waals surface area (Å²) >= 11 is 0. The zero-order valence-electron chi connectivity index (χ0n) is 18.8. The molecular formula is C22H23N3O10. The molecule has 6 N–H and O–H groups in total. The minimum Gasteiger partial charge on any atom is -0.508 e. The second-order valence-electron chi connectivity index (χ2n) is 9.09. The van der Waals surface area contributed by atoms with Crippen LogP contribution in [-0.4, -0.2) is 79.7 Å². The van der Waals surface area contributed by atoms with Crippen molar-refractivity contribution >= 4 is 23.2 Å². The van der Waals surface area contributed by atoms with Crippen LogP contribution in [0.4, 0.5) is 0 Å². The number of nitrogens with zero attached hydrogens (tertiary/aromatic N) is 2. The van der Waals surface area contributed by atoms with E-state index in [1.54, 1.807) is 13.0 Å². The molecule has 3 aliphatic carbocycles. The predicted octanol–water partition coefficient (Wildman–Crippen LogP) is -0.288. The number of aliphatic hydroxyl groups is 3. The predicted molar refractivity (Wildman–Crippen MR) is 116 cm³/mol. The highest BCUT2D eigenvalue weighted by Gasteiger charge is 2.69. The van der Waals surface area contributed by atoms with Crippen LogP contribution in [0.5, 0.6) is 5.75 Å². The molecule has 0 spiro atoms. The summed E-state index contributed by atoms with van der Waals surface area (Å²) < 4.78 is 0. The van der Waals surface area contributed by atoms with Gasteiger partial charge in [-0.05, 0) is 31.6 Å². The normalized spacial score (nSPS) is 32.2. The van der Waals surface area contributed by atoms with Gasteiger partial charge in [-0.1, -0.05) is 19.1 Å². The van der Waals surface area contributed by atoms with Gasteiger partial charge in [0.25, 0.3) is 11.0 Å². The second-order valence-corrected chi connectivity index (χ2v) is 9.09. The third-order valence-corrected chi connectivity index (χ3v) is 7.17. The van der Waals surface area contributed by atoms with Crippen LogP contribution in [0.2, 0.25) is 0 Å². The SMILES string of the molecule is C[C@H]1c2cccc(O)c2C(O)=C2C(=O)[C@]3(O)C(O)=C(C(N)=O)C(=O)[C@@H](N(C)C)[C@@H]3C(O[N+](=O)[O-])[C@@H]21. The van der Waals surface area contributed by atoms with Crippen molar-refractivity contribution in [1.29, 1.82) is 0 Å². The van der Waals surface area contributed by atoms with E-state index in [0.29, 0.717) is 5.56 Å². The number of ketones is 2. The molecule has 13 nitrogen and oxygen atoms in total. The maximum atomic E-state index is 13.8. The van der Waals surface area contributed by atoms with Crippen LogP contribution in [0.3, 0.4) is 0 Å². The monoisotopic (exact) mass is 489 g/mol. The molecule has 1 amide bonds. The number of aliphatic hydroxyl groups excluding tert-OH is 2. The number of phenolic OH excluding ortho intramolecular Hbond substituents is 1. The first-order chi connectivity index (χ1) is 16.3. The number of aromatic hydroxyl groups is 1. The van der Waals surface area contributed by atoms with E-state index in [1.165, 1.54) is 31.1 Å². The summed E-state index contributed by atoms with van der Waals surface area (Å²) in [4.78, 5) is 56.8. The number of carbonyl (C=O) groups excluding carboxylic acids is 3. The van der Waals surface area contributed by atoms with Crippen LogP contribution >= 0.6 is 0 Å². The number of amides is 1. The Kier molecular flexibility index (Phi) is 5.37. The van der Waals surface area contributed by atoms with Gasteiger partial charge in [0.15, 0.2) is 11.4 Å². The molecule has 0 radical (unpaired) electrons. The van der Waals surface area contributed by atoms with Crippen LogP contribution in [0.15, 0.2) is 35.1 Å². The number of rotatable bonds is 4. The molecule has 0 saturated heterocycles. The van der Waals surface area contributed by atoms with E-state index in [2.05, 4.69) is 0 Å². The van der Waals surface area contributed by atoms with E-state index < -0.39 is 86.5 Å². The van der Waals surface area contributed by atoms with E-state index >= 15 is 0 Å². The van der Waals surface area contributed by atoms with Gasteiger partial charge in [-0.15, -0.1) is 10.1 Å². The number of hydrogen-bond acceptors (Lipinski definition) is 11. The van der Waals surface area contributed by atoms with Crippen LogP contribution in [-0.2, 0) is 19.2 Å². The molecule has 1 aromatic carbocycles. The number of fused-ring (bicyclic) bond motifs is 3. The Bertz CT molecular complexity index is 1250. The number of carbonyl (C=O) groups is 3. The molecule has 35 heavy (non-hydrogen) atoms. The molecule has 1 unspecified atom stereocenters. The molecular weight excluding hydrogens is 466 g/mol. The highest BCUT2D eigenvalue weighted by molar-refractivity contribution is 6.24. The van der Waals surface area contributed by atoms with E-state index in [-0.39, 0.29) is 5.56 Å². The molecule has 6 atom stereocenters. The number of likely N-dealkylation sites (N-methyl/N-ethyl adjacent to an activating group) is 1. The summed E-state index contributed by atoms with van der Waals surface area (Å²) in [5.41, 5.74) is 0.791. The Morgan fingerprint density at radius 2 is 1.86 bits per heavy atom. The maximum absolute atomic E-state index is 13.8. The van der Waals surface area contributed by atoms with Gasteiger partial charge in [0.1, 0.15) is 28.9 Å². The fourth-order valence-electron chi connectivity index (χ4n) is 5.77. The van der Waals surface area contributed by atoms with Crippen molar-refractivity contribution in [3.63, 3.8) is 0 Å². The number of phenols is 1. The van der Waals surface area contributed by atoms with Crippen LogP contribution in [0.1, 0.15) is 24.0 Å². The van der Waals surface area contributed by atoms with Crippen molar-refractivity contribution in [1.82, 2.24) is 4.90 Å². The molecule has 0 aliphatic heterocycles. The zero-order chi connectivity index (χ0) is 26.1. The first-order valence-corrected chi connectivity index (χ1v) is 10.5. The molecule has 4 rings (SSSR count). The highest BCUT2D eigenvalue weighted by Crippen LogP contribution is 2.56. The molecule has 1 aromatic rings. The van der Waals surface area contributed by atoms with Crippen molar-refractivity contribution in [3.8, 4) is 5.75 Å². The van der Waals surface area contributed by atoms with E-state index in [9.17, 15) is 44.9 Å². The Balaban J connectivity index is 2.12. The largest absolute Gasteiger partial charge is 0.508 e. The van der Waals surface area contributed by atoms with Crippen molar-refractivity contribution in [2.45, 2.75) is 30.6 Å². The molecule has 1 fully saturated rings. The standard InChI is InChI=1S/C22H23N3O10/c1-7-8-5-4-6-9(26)11(8)16(27)12-10(7)18(35-25(33)34)14-15(24(2)3)17(28)13(21(23)31)20(30)22(14,32)19(12)29/h4-7,10,14-15,18,26-27,30,32H,1-3H3,(H2,23,31)/t7-,10+,14+,15-,18?,22-/m0/s1. The molecule has 3 aliphatic rings. The number of nitrogens with two attached hydrogens (primary N) is 1. The van der Waals surface area contributed by atoms with Crippen molar-refractivity contribution in [2.75, 3.05) is 14.1 Å². The van der Waals surface area contributed by atoms with Crippen LogP contribution in [0, 0.1) is 22.0 Å². The summed E-state index contributed by atoms with van der Waals surface area (Å²) in [5, 5.41) is 54.4. The third kappa shape index (κ3) is 3.04. The summed E-state index contributed by atoms with van der Waals surface area (Å²) in [6.45, 7) is 1.57. The lowest BCUT2D eigenvalue weighted by Crippen LogP contribution is -2.71. The molecule has 13 heteroatoms. The first-order valence-electron chi connectivity index (χ1n) is 10.5. The minimum atomic E-state index is -3.09. The fraction of sp³-hybridized carbons (Fsp3) is 0.409. The number of primary amides is 1. The Morgan fingerprint density at radius 3 is 2.40 bits per heavy atom. The van der Waals surface area contributed by atoms with Gasteiger partial charge in [0.2, 0.25) is 5.78 Å². The number of hydrogen-bond donors (Lipinski definition) is 5. The summed E-state index contributed by atoms with van der Waals surface area (Å²) in [6.07, 6.45) is -1.75. The number of benzene rings is 1. The zero-order valence-corrected chi connectivity index (χ0v) is 18.8. The molecule has 0 heterocycles. The minimum absolute atomic E-state index is 0.129. The lowest BCUT2D eigenvalue weighted by molar-refractivity contribution is -0.773. The van der Waals surface area contributed by atoms with Gasteiger partial charge in [0.05, 0.1) is 17.5 Å². The van der Waals surface area contributed by atoms with E-state index in [4.69, 9.17) is 10.6 Å². The summed E-state index contributed by atoms with van der Waals surface area (Å²) in [5.74, 6) is -10.2. The Labute approximate surface area is 197 Å². The van der Waals surface area contributed by atoms with Crippen molar-refractivity contribution < 1.29 is 44.7 Å². The topological polar surface area (TPSA) is 214 Å². The maximum Gasteiger partial charge on any atom is 0.294 e. The molecule has 0 bridgehead atoms. The molecule has 186 valence electrons. The second kappa shape index (κ2) is 7.78. The Hall–Kier alpha value is -3.97. The van der Waals surface area contributed by atoms with Gasteiger partial charge in [-0.3, -0.25) is 19.3 Å².